The summed E-state index contributed by atoms with van der Waals surface area (Å²) in [7, 11) is -3.13. The zero-order valence-electron chi connectivity index (χ0n) is 10.3. The number of hydrogen-bond acceptors (Lipinski definition) is 3. The largest absolute Gasteiger partial charge is 0.313 e. The highest BCUT2D eigenvalue weighted by Crippen LogP contribution is 2.30. The monoisotopic (exact) mass is 258 g/mol. The van der Waals surface area contributed by atoms with Crippen LogP contribution in [0, 0.1) is 0 Å². The molecule has 1 aliphatic heterocycles. The highest BCUT2D eigenvalue weighted by atomic mass is 32.2. The summed E-state index contributed by atoms with van der Waals surface area (Å²) in [4.78, 5) is 0. The van der Waals surface area contributed by atoms with Gasteiger partial charge < -0.3 is 5.32 Å². The van der Waals surface area contributed by atoms with Crippen LogP contribution in [0.25, 0.3) is 0 Å². The van der Waals surface area contributed by atoms with E-state index in [9.17, 15) is 8.42 Å². The predicted octanol–water partition coefficient (Wildman–Crippen LogP) is 1.11. The van der Waals surface area contributed by atoms with Gasteiger partial charge in [-0.2, -0.15) is 4.31 Å². The van der Waals surface area contributed by atoms with Crippen molar-refractivity contribution in [2.75, 3.05) is 18.8 Å². The highest BCUT2D eigenvalue weighted by molar-refractivity contribution is 7.89. The Labute approximate surface area is 104 Å². The Morgan fingerprint density at radius 1 is 1.29 bits per heavy atom. The van der Waals surface area contributed by atoms with Crippen LogP contribution in [0.4, 0.5) is 0 Å². The predicted molar refractivity (Wildman–Crippen MR) is 69.4 cm³/mol. The van der Waals surface area contributed by atoms with Crippen molar-refractivity contribution in [2.45, 2.75) is 44.2 Å². The van der Waals surface area contributed by atoms with Gasteiger partial charge in [-0.1, -0.05) is 12.5 Å². The maximum Gasteiger partial charge on any atom is 0.217 e. The fraction of sp³-hybridized carbons (Fsp3) is 0.833. The van der Waals surface area contributed by atoms with Crippen LogP contribution in [0.2, 0.25) is 0 Å². The van der Waals surface area contributed by atoms with Gasteiger partial charge in [-0.05, 0) is 32.2 Å². The molecule has 0 radical (unpaired) electrons. The van der Waals surface area contributed by atoms with Gasteiger partial charge in [0, 0.05) is 18.6 Å². The highest BCUT2D eigenvalue weighted by Gasteiger charge is 2.37. The molecule has 1 saturated heterocycles. The van der Waals surface area contributed by atoms with Gasteiger partial charge in [0.1, 0.15) is 0 Å². The average molecular weight is 258 g/mol. The lowest BCUT2D eigenvalue weighted by atomic mass is 10.1. The van der Waals surface area contributed by atoms with Crippen molar-refractivity contribution in [1.29, 1.82) is 0 Å². The first-order valence-corrected chi connectivity index (χ1v) is 8.08. The molecular weight excluding hydrogens is 236 g/mol. The smallest absolute Gasteiger partial charge is 0.217 e. The molecule has 1 unspecified atom stereocenters. The number of hydrogen-bond donors (Lipinski definition) is 1. The van der Waals surface area contributed by atoms with Crippen molar-refractivity contribution < 1.29 is 8.42 Å². The Bertz CT molecular complexity index is 357. The Kier molecular flexibility index (Phi) is 4.22. The van der Waals surface area contributed by atoms with Gasteiger partial charge in [0.05, 0.1) is 5.75 Å². The summed E-state index contributed by atoms with van der Waals surface area (Å²) in [5.41, 5.74) is 0. The van der Waals surface area contributed by atoms with E-state index in [1.54, 1.807) is 4.31 Å². The van der Waals surface area contributed by atoms with Crippen molar-refractivity contribution in [3.05, 3.63) is 12.7 Å². The first kappa shape index (κ1) is 13.1. The molecule has 1 N–H and O–H groups in total. The second-order valence-electron chi connectivity index (χ2n) is 5.01. The molecular formula is C12H22N2O2S. The third kappa shape index (κ3) is 3.53. The van der Waals surface area contributed by atoms with Gasteiger partial charge in [0.25, 0.3) is 0 Å². The second-order valence-corrected chi connectivity index (χ2v) is 6.98. The van der Waals surface area contributed by atoms with E-state index < -0.39 is 10.0 Å². The standard InChI is InChI=1S/C12H22N2O2S/c1-2-9-17(15,16)14(12-6-7-12)10-11-5-3-4-8-13-11/h2,11-13H,1,3-10H2. The fourth-order valence-corrected chi connectivity index (χ4v) is 3.96. The van der Waals surface area contributed by atoms with Crippen molar-refractivity contribution in [2.24, 2.45) is 0 Å². The quantitative estimate of drug-likeness (QED) is 0.726. The molecule has 0 aromatic heterocycles. The molecule has 0 aromatic rings. The number of nitrogens with zero attached hydrogens (tertiary/aromatic N) is 1. The lowest BCUT2D eigenvalue weighted by Gasteiger charge is -2.29. The number of piperidine rings is 1. The molecule has 1 aliphatic carbocycles. The van der Waals surface area contributed by atoms with E-state index in [-0.39, 0.29) is 11.8 Å². The van der Waals surface area contributed by atoms with E-state index >= 15 is 0 Å². The summed E-state index contributed by atoms with van der Waals surface area (Å²) in [5, 5.41) is 3.41. The molecule has 0 spiro atoms. The van der Waals surface area contributed by atoms with Gasteiger partial charge in [0.15, 0.2) is 0 Å². The third-order valence-corrected chi connectivity index (χ3v) is 5.27. The van der Waals surface area contributed by atoms with Crippen LogP contribution in [0.15, 0.2) is 12.7 Å². The van der Waals surface area contributed by atoms with E-state index in [4.69, 9.17) is 0 Å². The molecule has 1 heterocycles. The summed E-state index contributed by atoms with van der Waals surface area (Å²) in [6.45, 7) is 5.19. The lowest BCUT2D eigenvalue weighted by Crippen LogP contribution is -2.47. The van der Waals surface area contributed by atoms with E-state index in [1.807, 2.05) is 0 Å². The molecule has 2 rings (SSSR count). The maximum atomic E-state index is 12.1. The molecule has 2 fully saturated rings. The lowest BCUT2D eigenvalue weighted by molar-refractivity contribution is 0.308. The molecule has 1 atom stereocenters. The zero-order chi connectivity index (χ0) is 12.3. The van der Waals surface area contributed by atoms with Crippen LogP contribution in [-0.2, 0) is 10.0 Å². The van der Waals surface area contributed by atoms with Crippen LogP contribution in [0.1, 0.15) is 32.1 Å². The van der Waals surface area contributed by atoms with Crippen LogP contribution >= 0.6 is 0 Å². The second kappa shape index (κ2) is 5.50. The van der Waals surface area contributed by atoms with Crippen LogP contribution < -0.4 is 5.32 Å². The van der Waals surface area contributed by atoms with E-state index in [0.29, 0.717) is 12.6 Å². The molecule has 1 saturated carbocycles. The molecule has 98 valence electrons. The Morgan fingerprint density at radius 3 is 2.59 bits per heavy atom. The third-order valence-electron chi connectivity index (χ3n) is 3.45. The zero-order valence-corrected chi connectivity index (χ0v) is 11.1. The molecule has 17 heavy (non-hydrogen) atoms. The first-order chi connectivity index (χ1) is 8.13. The Balaban J connectivity index is 1.99. The molecule has 5 heteroatoms. The number of rotatable bonds is 6. The van der Waals surface area contributed by atoms with Crippen LogP contribution in [0.3, 0.4) is 0 Å². The van der Waals surface area contributed by atoms with Gasteiger partial charge >= 0.3 is 0 Å². The van der Waals surface area contributed by atoms with Gasteiger partial charge in [0.2, 0.25) is 10.0 Å². The van der Waals surface area contributed by atoms with Gasteiger partial charge in [-0.3, -0.25) is 0 Å². The van der Waals surface area contributed by atoms with Crippen molar-refractivity contribution >= 4 is 10.0 Å². The molecule has 2 aliphatic rings. The molecule has 0 amide bonds. The minimum atomic E-state index is -3.13. The first-order valence-electron chi connectivity index (χ1n) is 6.47. The van der Waals surface area contributed by atoms with E-state index in [0.717, 1.165) is 25.8 Å². The normalized spacial score (nSPS) is 26.1. The van der Waals surface area contributed by atoms with E-state index in [2.05, 4.69) is 11.9 Å². The number of nitrogens with one attached hydrogen (secondary N) is 1. The molecule has 4 nitrogen and oxygen atoms in total. The van der Waals surface area contributed by atoms with E-state index in [1.165, 1.54) is 18.9 Å². The SMILES string of the molecule is C=CCS(=O)(=O)N(CC1CCCCN1)C1CC1. The molecule has 0 bridgehead atoms. The van der Waals surface area contributed by atoms with Crippen molar-refractivity contribution in [3.8, 4) is 0 Å². The molecule has 0 aromatic carbocycles. The summed E-state index contributed by atoms with van der Waals surface area (Å²) in [6, 6.07) is 0.590. The van der Waals surface area contributed by atoms with Crippen LogP contribution in [-0.4, -0.2) is 43.6 Å². The topological polar surface area (TPSA) is 49.4 Å². The Morgan fingerprint density at radius 2 is 2.06 bits per heavy atom. The Hall–Kier alpha value is -0.390. The minimum Gasteiger partial charge on any atom is -0.313 e. The van der Waals surface area contributed by atoms with Crippen molar-refractivity contribution in [3.63, 3.8) is 0 Å². The van der Waals surface area contributed by atoms with Crippen LogP contribution in [0.5, 0.6) is 0 Å². The number of sulfonamides is 1. The summed E-state index contributed by atoms with van der Waals surface area (Å²) in [5.74, 6) is 0.0657. The van der Waals surface area contributed by atoms with Gasteiger partial charge in [-0.25, -0.2) is 8.42 Å². The maximum absolute atomic E-state index is 12.1. The van der Waals surface area contributed by atoms with Gasteiger partial charge in [-0.15, -0.1) is 6.58 Å². The summed E-state index contributed by atoms with van der Waals surface area (Å²) < 4.78 is 25.9. The fourth-order valence-electron chi connectivity index (χ4n) is 2.39. The van der Waals surface area contributed by atoms with Crippen molar-refractivity contribution in [1.82, 2.24) is 9.62 Å². The average Bonchev–Trinajstić information content (AvgIpc) is 3.11. The summed E-state index contributed by atoms with van der Waals surface area (Å²) in [6.07, 6.45) is 7.02. The summed E-state index contributed by atoms with van der Waals surface area (Å²) >= 11 is 0. The minimum absolute atomic E-state index is 0.0657.